The molecule has 2 N–H and O–H groups in total. The molecule has 0 radical (unpaired) electrons. The van der Waals surface area contributed by atoms with E-state index in [2.05, 4.69) is 115 Å². The van der Waals surface area contributed by atoms with Crippen LogP contribution < -0.4 is 10.6 Å². The van der Waals surface area contributed by atoms with Gasteiger partial charge in [0.15, 0.2) is 0 Å². The predicted molar refractivity (Wildman–Crippen MR) is 187 cm³/mol. The third kappa shape index (κ3) is 11.5. The highest BCUT2D eigenvalue weighted by Crippen LogP contribution is 2.49. The smallest absolute Gasteiger partial charge is 0.136 e. The van der Waals surface area contributed by atoms with Gasteiger partial charge in [0.2, 0.25) is 0 Å². The molecule has 1 saturated carbocycles. The first-order valence-corrected chi connectivity index (χ1v) is 16.5. The van der Waals surface area contributed by atoms with Crippen molar-refractivity contribution in [1.82, 2.24) is 15.5 Å². The summed E-state index contributed by atoms with van der Waals surface area (Å²) >= 11 is 0. The molecule has 0 amide bonds. The van der Waals surface area contributed by atoms with Gasteiger partial charge in [-0.1, -0.05) is 57.2 Å². The molecule has 2 heterocycles. The topological polar surface area (TPSA) is 36.5 Å². The summed E-state index contributed by atoms with van der Waals surface area (Å²) in [4.78, 5) is 2.57. The lowest BCUT2D eigenvalue weighted by atomic mass is 9.76. The van der Waals surface area contributed by atoms with E-state index in [-0.39, 0.29) is 11.1 Å². The predicted octanol–water partition coefficient (Wildman–Crippen LogP) is 9.22. The number of hydrogen-bond donors (Lipinski definition) is 2. The Kier molecular flexibility index (Phi) is 16.7. The van der Waals surface area contributed by atoms with Gasteiger partial charge in [0, 0.05) is 61.7 Å². The van der Waals surface area contributed by atoms with Gasteiger partial charge in [0.05, 0.1) is 0 Å². The van der Waals surface area contributed by atoms with E-state index >= 15 is 0 Å². The van der Waals surface area contributed by atoms with Crippen LogP contribution in [0.15, 0.2) is 83.2 Å². The van der Waals surface area contributed by atoms with Crippen molar-refractivity contribution in [3.63, 3.8) is 0 Å². The van der Waals surface area contributed by atoms with Gasteiger partial charge in [-0.15, -0.1) is 13.2 Å². The summed E-state index contributed by atoms with van der Waals surface area (Å²) in [6.07, 6.45) is 16.1. The SMILES string of the molecule is C=C.C=C(/C=C\C)/C(C1=C(C)C2(CCN(CCNC(C)(C)C)CC2)O1)=C(/C)C1=CCCC(C)=C1.CC.CCNC1CC1. The first-order chi connectivity index (χ1) is 20.0. The molecule has 1 spiro atoms. The van der Waals surface area contributed by atoms with Crippen LogP contribution in [0.2, 0.25) is 0 Å². The molecule has 0 aromatic carbocycles. The molecular weight excluding hydrogens is 514 g/mol. The highest BCUT2D eigenvalue weighted by atomic mass is 16.5. The summed E-state index contributed by atoms with van der Waals surface area (Å²) in [5.74, 6) is 1.06. The Hall–Kier alpha value is -2.14. The van der Waals surface area contributed by atoms with E-state index in [1.807, 2.05) is 13.8 Å². The van der Waals surface area contributed by atoms with E-state index in [9.17, 15) is 0 Å². The number of nitrogens with one attached hydrogen (secondary N) is 2. The third-order valence-corrected chi connectivity index (χ3v) is 8.17. The van der Waals surface area contributed by atoms with Crippen LogP contribution in [-0.2, 0) is 4.74 Å². The van der Waals surface area contributed by atoms with E-state index in [0.29, 0.717) is 0 Å². The van der Waals surface area contributed by atoms with Crippen molar-refractivity contribution in [2.24, 2.45) is 0 Å². The molecule has 2 aliphatic heterocycles. The van der Waals surface area contributed by atoms with Gasteiger partial charge >= 0.3 is 0 Å². The number of likely N-dealkylation sites (tertiary alicyclic amines) is 1. The Bertz CT molecular complexity index is 1010. The maximum Gasteiger partial charge on any atom is 0.136 e. The van der Waals surface area contributed by atoms with Crippen LogP contribution in [0.3, 0.4) is 0 Å². The number of nitrogens with zero attached hydrogens (tertiary/aromatic N) is 1. The molecule has 0 bridgehead atoms. The molecule has 1 saturated heterocycles. The summed E-state index contributed by atoms with van der Waals surface area (Å²) < 4.78 is 6.69. The van der Waals surface area contributed by atoms with Crippen LogP contribution >= 0.6 is 0 Å². The average Bonchev–Trinajstić information content (AvgIpc) is 3.80. The second kappa shape index (κ2) is 18.5. The summed E-state index contributed by atoms with van der Waals surface area (Å²) in [5.41, 5.74) is 7.77. The molecule has 0 aromatic rings. The highest BCUT2D eigenvalue weighted by Gasteiger charge is 2.48. The zero-order chi connectivity index (χ0) is 31.9. The van der Waals surface area contributed by atoms with Crippen molar-refractivity contribution >= 4 is 0 Å². The van der Waals surface area contributed by atoms with Crippen molar-refractivity contribution in [2.75, 3.05) is 32.7 Å². The van der Waals surface area contributed by atoms with E-state index in [0.717, 1.165) is 75.8 Å². The van der Waals surface area contributed by atoms with Gasteiger partial charge in [-0.25, -0.2) is 0 Å². The number of allylic oxidation sites excluding steroid dienone is 8. The number of ether oxygens (including phenoxy) is 1. The normalized spacial score (nSPS) is 20.3. The van der Waals surface area contributed by atoms with E-state index in [4.69, 9.17) is 4.74 Å². The van der Waals surface area contributed by atoms with Crippen molar-refractivity contribution < 1.29 is 4.74 Å². The van der Waals surface area contributed by atoms with Crippen LogP contribution in [0.4, 0.5) is 0 Å². The van der Waals surface area contributed by atoms with Crippen LogP contribution in [0.1, 0.15) is 108 Å². The number of hydrogen-bond acceptors (Lipinski definition) is 4. The van der Waals surface area contributed by atoms with Crippen molar-refractivity contribution in [3.8, 4) is 0 Å². The van der Waals surface area contributed by atoms with Gasteiger partial charge in [-0.3, -0.25) is 0 Å². The van der Waals surface area contributed by atoms with Crippen molar-refractivity contribution in [3.05, 3.63) is 83.2 Å². The Morgan fingerprint density at radius 1 is 1.14 bits per heavy atom. The van der Waals surface area contributed by atoms with Gasteiger partial charge in [-0.05, 0) is 97.4 Å². The Balaban J connectivity index is 0.000000759. The fourth-order valence-electron chi connectivity index (χ4n) is 5.63. The average molecular weight is 580 g/mol. The first kappa shape index (κ1) is 37.9. The van der Waals surface area contributed by atoms with E-state index in [1.54, 1.807) is 0 Å². The maximum absolute atomic E-state index is 6.69. The highest BCUT2D eigenvalue weighted by molar-refractivity contribution is 5.61. The summed E-state index contributed by atoms with van der Waals surface area (Å²) in [7, 11) is 0. The van der Waals surface area contributed by atoms with Crippen LogP contribution in [0.25, 0.3) is 0 Å². The minimum atomic E-state index is -0.0856. The summed E-state index contributed by atoms with van der Waals surface area (Å²) in [6, 6.07) is 0.898. The molecule has 4 nitrogen and oxygen atoms in total. The van der Waals surface area contributed by atoms with Crippen LogP contribution in [0, 0.1) is 0 Å². The van der Waals surface area contributed by atoms with E-state index in [1.165, 1.54) is 40.7 Å². The summed E-state index contributed by atoms with van der Waals surface area (Å²) in [5, 5.41) is 6.92. The standard InChI is InChI=1S/C29H44N2O.C5H11N.C2H6.C2H4/c1-9-11-22(3)26(23(4)25-13-10-12-21(2)20-25)27-24(5)29(32-27)14-17-31(18-15-29)19-16-30-28(6,7)8;1-2-6-5-3-4-5;2*1-2/h9,11,13,20,30H,3,10,12,14-19H2,1-2,4-8H3;5-6H,2-4H2,1H3;1-2H3;1-2H2/b11-9-,26-23+;;;. The fourth-order valence-corrected chi connectivity index (χ4v) is 5.63. The molecule has 0 aromatic heterocycles. The summed E-state index contributed by atoms with van der Waals surface area (Å²) in [6.45, 7) is 37.5. The zero-order valence-electron chi connectivity index (χ0n) is 29.1. The van der Waals surface area contributed by atoms with E-state index < -0.39 is 0 Å². The quantitative estimate of drug-likeness (QED) is 0.211. The monoisotopic (exact) mass is 580 g/mol. The Labute approximate surface area is 260 Å². The maximum atomic E-state index is 6.69. The Morgan fingerprint density at radius 3 is 2.21 bits per heavy atom. The lowest BCUT2D eigenvalue weighted by Crippen LogP contribution is -2.53. The molecule has 238 valence electrons. The largest absolute Gasteiger partial charge is 0.482 e. The Morgan fingerprint density at radius 2 is 1.76 bits per heavy atom. The fraction of sp³-hybridized carbons (Fsp3) is 0.632. The molecule has 42 heavy (non-hydrogen) atoms. The molecule has 2 fully saturated rings. The molecular formula is C38H65N3O. The molecule has 4 aliphatic rings. The molecule has 2 aliphatic carbocycles. The molecule has 4 rings (SSSR count). The van der Waals surface area contributed by atoms with Crippen LogP contribution in [0.5, 0.6) is 0 Å². The molecule has 0 atom stereocenters. The minimum Gasteiger partial charge on any atom is -0.482 e. The number of piperidine rings is 1. The van der Waals surface area contributed by atoms with Crippen molar-refractivity contribution in [2.45, 2.75) is 125 Å². The van der Waals surface area contributed by atoms with Gasteiger partial charge in [-0.2, -0.15) is 0 Å². The van der Waals surface area contributed by atoms with Gasteiger partial charge < -0.3 is 20.3 Å². The van der Waals surface area contributed by atoms with Gasteiger partial charge in [0.1, 0.15) is 11.4 Å². The van der Waals surface area contributed by atoms with Crippen LogP contribution in [-0.4, -0.2) is 54.8 Å². The second-order valence-electron chi connectivity index (χ2n) is 12.6. The molecule has 0 unspecified atom stereocenters. The first-order valence-electron chi connectivity index (χ1n) is 16.5. The lowest BCUT2D eigenvalue weighted by Gasteiger charge is -2.50. The lowest BCUT2D eigenvalue weighted by molar-refractivity contribution is -0.0595. The number of rotatable bonds is 9. The minimum absolute atomic E-state index is 0.0856. The zero-order valence-corrected chi connectivity index (χ0v) is 29.1. The third-order valence-electron chi connectivity index (χ3n) is 8.17. The van der Waals surface area contributed by atoms with Gasteiger partial charge in [0.25, 0.3) is 0 Å². The van der Waals surface area contributed by atoms with Crippen molar-refractivity contribution in [1.29, 1.82) is 0 Å². The molecule has 4 heteroatoms. The second-order valence-corrected chi connectivity index (χ2v) is 12.6.